The average Bonchev–Trinajstić information content (AvgIpc) is 2.75. The van der Waals surface area contributed by atoms with Gasteiger partial charge in [-0.2, -0.15) is 0 Å². The lowest BCUT2D eigenvalue weighted by Crippen LogP contribution is -2.47. The van der Waals surface area contributed by atoms with Crippen LogP contribution in [0.5, 0.6) is 0 Å². The number of para-hydroxylation sites is 1. The van der Waals surface area contributed by atoms with Gasteiger partial charge in [0.25, 0.3) is 11.6 Å². The Kier molecular flexibility index (Phi) is 5.35. The van der Waals surface area contributed by atoms with Crippen molar-refractivity contribution in [3.63, 3.8) is 0 Å². The van der Waals surface area contributed by atoms with E-state index in [0.717, 1.165) is 16.7 Å². The second kappa shape index (κ2) is 7.10. The van der Waals surface area contributed by atoms with E-state index in [1.54, 1.807) is 19.9 Å². The van der Waals surface area contributed by atoms with Gasteiger partial charge in [-0.25, -0.2) is 4.79 Å². The van der Waals surface area contributed by atoms with Crippen molar-refractivity contribution in [1.29, 1.82) is 0 Å². The molecule has 0 aromatic heterocycles. The van der Waals surface area contributed by atoms with Crippen LogP contribution in [-0.4, -0.2) is 37.2 Å². The molecular formula is C15H14N2O5S2. The van der Waals surface area contributed by atoms with Gasteiger partial charge in [-0.1, -0.05) is 50.0 Å². The molecule has 0 radical (unpaired) electrons. The standard InChI is InChI=1S/C15H14N2O5S2/c1-8(2)12(14(19)20)16-13(18)11(24-15(16)23)7-9-5-3-4-6-10(9)17(21)22/h3-8,12H,1-2H3,(H,19,20)/b11-7+. The first-order chi connectivity index (χ1) is 11.2. The van der Waals surface area contributed by atoms with Crippen LogP contribution in [-0.2, 0) is 9.59 Å². The molecule has 1 N–H and O–H groups in total. The van der Waals surface area contributed by atoms with E-state index >= 15 is 0 Å². The van der Waals surface area contributed by atoms with Gasteiger partial charge in [-0.3, -0.25) is 19.8 Å². The van der Waals surface area contributed by atoms with Crippen LogP contribution in [0.25, 0.3) is 6.08 Å². The summed E-state index contributed by atoms with van der Waals surface area (Å²) in [4.78, 5) is 35.8. The van der Waals surface area contributed by atoms with Crippen molar-refractivity contribution >= 4 is 51.9 Å². The number of hydrogen-bond acceptors (Lipinski definition) is 6. The van der Waals surface area contributed by atoms with Crippen LogP contribution >= 0.6 is 24.0 Å². The first-order valence-electron chi connectivity index (χ1n) is 6.97. The summed E-state index contributed by atoms with van der Waals surface area (Å²) < 4.78 is 0.130. The van der Waals surface area contributed by atoms with Gasteiger partial charge in [0.15, 0.2) is 0 Å². The highest BCUT2D eigenvalue weighted by Gasteiger charge is 2.42. The van der Waals surface area contributed by atoms with Crippen molar-refractivity contribution in [3.05, 3.63) is 44.8 Å². The second-order valence-electron chi connectivity index (χ2n) is 5.39. The number of nitro benzene ring substituents is 1. The minimum Gasteiger partial charge on any atom is -0.480 e. The summed E-state index contributed by atoms with van der Waals surface area (Å²) in [7, 11) is 0. The Morgan fingerprint density at radius 3 is 2.58 bits per heavy atom. The molecule has 24 heavy (non-hydrogen) atoms. The van der Waals surface area contributed by atoms with E-state index in [-0.39, 0.29) is 26.4 Å². The summed E-state index contributed by atoms with van der Waals surface area (Å²) in [6.45, 7) is 3.37. The molecule has 1 fully saturated rings. The molecule has 1 aliphatic rings. The molecule has 2 rings (SSSR count). The SMILES string of the molecule is CC(C)C(C(=O)O)N1C(=O)/C(=C\c2ccccc2[N+](=O)[O-])SC1=S. The lowest BCUT2D eigenvalue weighted by Gasteiger charge is -2.26. The number of carboxylic acid groups (broad SMARTS) is 1. The number of aliphatic carboxylic acids is 1. The number of hydrogen-bond donors (Lipinski definition) is 1. The number of rotatable bonds is 5. The number of benzene rings is 1. The number of carboxylic acids is 1. The van der Waals surface area contributed by atoms with E-state index in [1.807, 2.05) is 0 Å². The Labute approximate surface area is 147 Å². The maximum Gasteiger partial charge on any atom is 0.327 e. The van der Waals surface area contributed by atoms with E-state index in [0.29, 0.717) is 0 Å². The second-order valence-corrected chi connectivity index (χ2v) is 7.07. The van der Waals surface area contributed by atoms with Gasteiger partial charge in [0.05, 0.1) is 15.4 Å². The predicted molar refractivity (Wildman–Crippen MR) is 94.4 cm³/mol. The van der Waals surface area contributed by atoms with E-state index in [9.17, 15) is 24.8 Å². The van der Waals surface area contributed by atoms with Gasteiger partial charge in [0.1, 0.15) is 10.4 Å². The molecule has 0 bridgehead atoms. The molecule has 1 aromatic carbocycles. The molecule has 7 nitrogen and oxygen atoms in total. The average molecular weight is 366 g/mol. The number of thioether (sulfide) groups is 1. The highest BCUT2D eigenvalue weighted by Crippen LogP contribution is 2.36. The topological polar surface area (TPSA) is 101 Å². The Hall–Kier alpha value is -2.26. The summed E-state index contributed by atoms with van der Waals surface area (Å²) in [5, 5.41) is 20.4. The minimum absolute atomic E-state index is 0.130. The van der Waals surface area contributed by atoms with Gasteiger partial charge < -0.3 is 5.11 Å². The zero-order valence-corrected chi connectivity index (χ0v) is 14.5. The van der Waals surface area contributed by atoms with Crippen LogP contribution in [0.1, 0.15) is 19.4 Å². The molecule has 1 saturated heterocycles. The molecule has 1 heterocycles. The summed E-state index contributed by atoms with van der Waals surface area (Å²) in [5.41, 5.74) is 0.126. The molecule has 1 atom stereocenters. The molecule has 1 amide bonds. The molecule has 0 spiro atoms. The van der Waals surface area contributed by atoms with Gasteiger partial charge in [0, 0.05) is 6.07 Å². The summed E-state index contributed by atoms with van der Waals surface area (Å²) in [6, 6.07) is 4.92. The number of amides is 1. The molecule has 1 aromatic rings. The fourth-order valence-electron chi connectivity index (χ4n) is 2.33. The third-order valence-corrected chi connectivity index (χ3v) is 4.74. The van der Waals surface area contributed by atoms with Crippen LogP contribution in [0.4, 0.5) is 5.69 Å². The lowest BCUT2D eigenvalue weighted by molar-refractivity contribution is -0.385. The van der Waals surface area contributed by atoms with E-state index in [1.165, 1.54) is 24.3 Å². The number of carbonyl (C=O) groups is 2. The van der Waals surface area contributed by atoms with Crippen molar-refractivity contribution in [2.45, 2.75) is 19.9 Å². The molecule has 0 saturated carbocycles. The smallest absolute Gasteiger partial charge is 0.327 e. The van der Waals surface area contributed by atoms with Crippen molar-refractivity contribution in [3.8, 4) is 0 Å². The number of nitrogens with zero attached hydrogens (tertiary/aromatic N) is 2. The number of carbonyl (C=O) groups excluding carboxylic acids is 1. The van der Waals surface area contributed by atoms with Gasteiger partial charge in [-0.05, 0) is 18.1 Å². The van der Waals surface area contributed by atoms with Gasteiger partial charge in [-0.15, -0.1) is 0 Å². The highest BCUT2D eigenvalue weighted by atomic mass is 32.2. The number of nitro groups is 1. The van der Waals surface area contributed by atoms with Crippen molar-refractivity contribution < 1.29 is 19.6 Å². The molecule has 0 aliphatic carbocycles. The summed E-state index contributed by atoms with van der Waals surface area (Å²) in [5.74, 6) is -2.03. The Morgan fingerprint density at radius 1 is 1.42 bits per heavy atom. The zero-order valence-electron chi connectivity index (χ0n) is 12.8. The third kappa shape index (κ3) is 3.46. The van der Waals surface area contributed by atoms with Crippen LogP contribution in [0, 0.1) is 16.0 Å². The Bertz CT molecular complexity index is 760. The fourth-order valence-corrected chi connectivity index (χ4v) is 3.65. The Balaban J connectivity index is 2.42. The molecule has 1 unspecified atom stereocenters. The highest BCUT2D eigenvalue weighted by molar-refractivity contribution is 8.26. The minimum atomic E-state index is -1.15. The van der Waals surface area contributed by atoms with Crippen LogP contribution < -0.4 is 0 Å². The van der Waals surface area contributed by atoms with Crippen LogP contribution in [0.2, 0.25) is 0 Å². The van der Waals surface area contributed by atoms with E-state index in [4.69, 9.17) is 12.2 Å². The monoisotopic (exact) mass is 366 g/mol. The predicted octanol–water partition coefficient (Wildman–Crippen LogP) is 2.91. The van der Waals surface area contributed by atoms with E-state index < -0.39 is 22.8 Å². The van der Waals surface area contributed by atoms with Crippen molar-refractivity contribution in [1.82, 2.24) is 4.90 Å². The van der Waals surface area contributed by atoms with Gasteiger partial charge >= 0.3 is 5.97 Å². The maximum atomic E-state index is 12.6. The molecule has 9 heteroatoms. The summed E-state index contributed by atoms with van der Waals surface area (Å²) in [6.07, 6.45) is 1.37. The molecule has 126 valence electrons. The van der Waals surface area contributed by atoms with Crippen LogP contribution in [0.3, 0.4) is 0 Å². The lowest BCUT2D eigenvalue weighted by atomic mass is 10.0. The molecular weight excluding hydrogens is 352 g/mol. The zero-order chi connectivity index (χ0) is 18.0. The maximum absolute atomic E-state index is 12.6. The van der Waals surface area contributed by atoms with E-state index in [2.05, 4.69) is 0 Å². The van der Waals surface area contributed by atoms with Crippen molar-refractivity contribution in [2.75, 3.05) is 0 Å². The quantitative estimate of drug-likeness (QED) is 0.370. The first kappa shape index (κ1) is 18.1. The normalized spacial score (nSPS) is 17.6. The third-order valence-electron chi connectivity index (χ3n) is 3.41. The van der Waals surface area contributed by atoms with Crippen molar-refractivity contribution in [2.24, 2.45) is 5.92 Å². The van der Waals surface area contributed by atoms with Gasteiger partial charge in [0.2, 0.25) is 0 Å². The molecule has 1 aliphatic heterocycles. The fraction of sp³-hybridized carbons (Fsp3) is 0.267. The largest absolute Gasteiger partial charge is 0.480 e. The Morgan fingerprint density at radius 2 is 2.04 bits per heavy atom. The number of thiocarbonyl (C=S) groups is 1. The first-order valence-corrected chi connectivity index (χ1v) is 8.19. The summed E-state index contributed by atoms with van der Waals surface area (Å²) >= 11 is 6.08. The van der Waals surface area contributed by atoms with Crippen LogP contribution in [0.15, 0.2) is 29.2 Å².